The van der Waals surface area contributed by atoms with Gasteiger partial charge in [-0.15, -0.1) is 22.7 Å². The van der Waals surface area contributed by atoms with Gasteiger partial charge in [-0.2, -0.15) is 5.10 Å². The number of carbonyl (C=O) groups excluding carboxylic acids is 4. The monoisotopic (exact) mass is 1190 g/mol. The van der Waals surface area contributed by atoms with Crippen molar-refractivity contribution in [1.29, 1.82) is 0 Å². The van der Waals surface area contributed by atoms with E-state index in [2.05, 4.69) is 43.8 Å². The molecule has 9 rings (SSSR count). The van der Waals surface area contributed by atoms with E-state index < -0.39 is 45.5 Å². The number of carboxylic acids is 1. The molecule has 1 aliphatic heterocycles. The number of aromatic nitrogens is 4. The molecule has 2 aliphatic rings. The molecule has 4 aromatic carbocycles. The van der Waals surface area contributed by atoms with Crippen molar-refractivity contribution in [2.75, 3.05) is 13.1 Å². The number of nitrogens with two attached hydrogens (primary N) is 1. The number of likely N-dealkylation sites (tertiary alicyclic amines) is 1. The van der Waals surface area contributed by atoms with Crippen LogP contribution in [0, 0.1) is 30.1 Å². The lowest BCUT2D eigenvalue weighted by atomic mass is 9.85. The molecule has 4 heterocycles. The van der Waals surface area contributed by atoms with Gasteiger partial charge in [0.2, 0.25) is 38.8 Å². The third-order valence-corrected chi connectivity index (χ3v) is 17.7. The number of aliphatic hydroxyl groups is 1. The number of thiazole rings is 2. The lowest BCUT2D eigenvalue weighted by Gasteiger charge is -2.35. The topological polar surface area (TPSA) is 269 Å². The molecule has 0 bridgehead atoms. The van der Waals surface area contributed by atoms with Gasteiger partial charge >= 0.3 is 5.97 Å². The smallest absolute Gasteiger partial charge is 0.355 e. The zero-order valence-electron chi connectivity index (χ0n) is 47.4. The van der Waals surface area contributed by atoms with E-state index in [1.807, 2.05) is 94.4 Å². The molecule has 7 N–H and O–H groups in total. The number of β-amino-alcohol motifs (C(OH)–C–C–N with tert-alkyl or cyclic N) is 1. The highest BCUT2D eigenvalue weighted by molar-refractivity contribution is 7.89. The van der Waals surface area contributed by atoms with Crippen LogP contribution in [0.25, 0.3) is 38.0 Å². The summed E-state index contributed by atoms with van der Waals surface area (Å²) in [5.74, 6) is 4.42. The Bertz CT molecular complexity index is 3700. The van der Waals surface area contributed by atoms with E-state index in [1.165, 1.54) is 33.7 Å². The number of hydrogen-bond acceptors (Lipinski definition) is 13. The van der Waals surface area contributed by atoms with Gasteiger partial charge in [-0.05, 0) is 115 Å². The van der Waals surface area contributed by atoms with Gasteiger partial charge in [0.1, 0.15) is 12.1 Å². The summed E-state index contributed by atoms with van der Waals surface area (Å²) in [6.45, 7) is 8.12. The predicted octanol–water partition coefficient (Wildman–Crippen LogP) is 8.60. The number of unbranched alkanes of at least 4 members (excludes halogenated alkanes) is 2. The van der Waals surface area contributed by atoms with Crippen LogP contribution in [0.15, 0.2) is 113 Å². The van der Waals surface area contributed by atoms with Gasteiger partial charge in [-0.3, -0.25) is 19.2 Å². The van der Waals surface area contributed by atoms with Gasteiger partial charge in [-0.25, -0.2) is 33.0 Å². The number of primary sulfonamides is 1. The zero-order valence-corrected chi connectivity index (χ0v) is 49.8. The molecule has 18 nitrogen and oxygen atoms in total. The maximum absolute atomic E-state index is 14.1. The van der Waals surface area contributed by atoms with Crippen molar-refractivity contribution < 1.29 is 42.6 Å². The van der Waals surface area contributed by atoms with Crippen molar-refractivity contribution in [3.63, 3.8) is 0 Å². The number of hydrogen-bond donors (Lipinski definition) is 6. The Balaban J connectivity index is 0.730. The molecule has 2 fully saturated rings. The van der Waals surface area contributed by atoms with Crippen molar-refractivity contribution in [2.45, 2.75) is 128 Å². The molecule has 1 aliphatic carbocycles. The van der Waals surface area contributed by atoms with Crippen molar-refractivity contribution in [3.05, 3.63) is 147 Å². The van der Waals surface area contributed by atoms with Crippen molar-refractivity contribution in [2.24, 2.45) is 16.5 Å². The van der Waals surface area contributed by atoms with Crippen LogP contribution >= 0.6 is 22.7 Å². The van der Waals surface area contributed by atoms with Crippen LogP contribution in [0.2, 0.25) is 0 Å². The van der Waals surface area contributed by atoms with Crippen LogP contribution in [-0.2, 0) is 48.6 Å². The molecule has 0 unspecified atom stereocenters. The lowest BCUT2D eigenvalue weighted by Crippen LogP contribution is -2.57. The average Bonchev–Trinajstić information content (AvgIpc) is 3.94. The maximum atomic E-state index is 14.1. The Hall–Kier alpha value is -7.87. The van der Waals surface area contributed by atoms with Gasteiger partial charge in [0.15, 0.2) is 5.69 Å². The lowest BCUT2D eigenvalue weighted by molar-refractivity contribution is -0.144. The first kappa shape index (κ1) is 60.7. The van der Waals surface area contributed by atoms with E-state index in [-0.39, 0.29) is 67.1 Å². The van der Waals surface area contributed by atoms with E-state index in [9.17, 15) is 42.6 Å². The number of aliphatic hydroxyl groups excluding tert-OH is 1. The van der Waals surface area contributed by atoms with E-state index in [4.69, 9.17) is 10.2 Å². The fourth-order valence-corrected chi connectivity index (χ4v) is 12.3. The van der Waals surface area contributed by atoms with Crippen molar-refractivity contribution in [1.82, 2.24) is 40.6 Å². The van der Waals surface area contributed by atoms with Crippen LogP contribution in [0.4, 0.5) is 0 Å². The van der Waals surface area contributed by atoms with Crippen molar-refractivity contribution in [3.8, 4) is 49.8 Å². The van der Waals surface area contributed by atoms with E-state index >= 15 is 0 Å². The fraction of sp³-hybridized carbons (Fsp3) is 0.365. The summed E-state index contributed by atoms with van der Waals surface area (Å²) in [6, 6.07) is 28.5. The highest BCUT2D eigenvalue weighted by Gasteiger charge is 2.44. The second-order valence-corrected chi connectivity index (χ2v) is 25.8. The quantitative estimate of drug-likeness (QED) is 0.0260. The molecular weight excluding hydrogens is 1120 g/mol. The molecule has 0 radical (unpaired) electrons. The first-order chi connectivity index (χ1) is 40.2. The van der Waals surface area contributed by atoms with Crippen LogP contribution in [0.3, 0.4) is 0 Å². The highest BCUT2D eigenvalue weighted by atomic mass is 32.2. The predicted molar refractivity (Wildman–Crippen MR) is 323 cm³/mol. The molecule has 4 amide bonds. The standard InChI is InChI=1S/C63H69N9O9S3/c1-39-57(83-38-67-39)45-26-20-43(21-27-45)35-66-59(76)53-34-48(73)36-71(53)60(77)58(63(2,3)4)69-55(75)15-10-14-54(74)65-30-8-6-5-7-11-40-18-24-44(25-19-40)46-12-9-13-47(33-46)56-50(31-41-22-28-49(29-23-41)84(64,80)81)52(32-42-16-17-42)72(70-56)62-68-51(37-82-62)61(78)79/h9,12-13,18-29,33,37-38,42,48,53,58,73H,5-6,8,10,14-17,30-32,34-36H2,1-4H3,(H,65,74)(H,66,76)(H,69,75)(H,78,79)(H2,64,80,81)/t48-,53+,58-/m1/s1. The van der Waals surface area contributed by atoms with Crippen LogP contribution < -0.4 is 21.1 Å². The highest BCUT2D eigenvalue weighted by Crippen LogP contribution is 2.39. The van der Waals surface area contributed by atoms with Crippen LogP contribution in [-0.4, -0.2) is 104 Å². The molecule has 0 spiro atoms. The summed E-state index contributed by atoms with van der Waals surface area (Å²) < 4.78 is 25.9. The summed E-state index contributed by atoms with van der Waals surface area (Å²) in [4.78, 5) is 76.6. The maximum Gasteiger partial charge on any atom is 0.355 e. The summed E-state index contributed by atoms with van der Waals surface area (Å²) in [7, 11) is -3.88. The molecule has 1 saturated heterocycles. The Kier molecular flexibility index (Phi) is 19.4. The number of aryl methyl sites for hydroxylation is 1. The average molecular weight is 1190 g/mol. The molecule has 1 saturated carbocycles. The van der Waals surface area contributed by atoms with E-state index in [0.717, 1.165) is 98.6 Å². The summed E-state index contributed by atoms with van der Waals surface area (Å²) in [5, 5.41) is 41.5. The summed E-state index contributed by atoms with van der Waals surface area (Å²) >= 11 is 2.78. The molecule has 21 heteroatoms. The number of sulfonamides is 1. The SMILES string of the molecule is Cc1ncsc1-c1ccc(CNC(=O)[C@@H]2C[C@@H](O)CN2C(=O)[C@@H](NC(=O)CCCC(=O)NCCCCC#Cc2ccc(-c3cccc(-c4nn(-c5nc(C(=O)O)cs5)c(CC5CC5)c4Cc4ccc(S(N)(=O)=O)cc4)c3)cc2)C(C)(C)C)cc1. The van der Waals surface area contributed by atoms with Crippen LogP contribution in [0.1, 0.15) is 123 Å². The number of carbonyl (C=O) groups is 5. The number of amides is 4. The Labute approximate surface area is 497 Å². The molecule has 84 heavy (non-hydrogen) atoms. The van der Waals surface area contributed by atoms with Crippen molar-refractivity contribution >= 4 is 62.3 Å². The minimum atomic E-state index is -3.88. The second-order valence-electron chi connectivity index (χ2n) is 22.6. The Morgan fingerprint density at radius 3 is 2.21 bits per heavy atom. The summed E-state index contributed by atoms with van der Waals surface area (Å²) in [5.41, 5.74) is 11.0. The Morgan fingerprint density at radius 1 is 0.845 bits per heavy atom. The second kappa shape index (κ2) is 26.8. The van der Waals surface area contributed by atoms with Gasteiger partial charge in [0.05, 0.1) is 38.5 Å². The fourth-order valence-electron chi connectivity index (χ4n) is 10.2. The first-order valence-electron chi connectivity index (χ1n) is 28.1. The minimum Gasteiger partial charge on any atom is -0.476 e. The number of nitrogens with one attached hydrogen (secondary N) is 3. The summed E-state index contributed by atoms with van der Waals surface area (Å²) in [6.07, 6.45) is 5.06. The minimum absolute atomic E-state index is 0.0200. The Morgan fingerprint density at radius 2 is 1.55 bits per heavy atom. The normalized spacial score (nSPS) is 15.5. The third kappa shape index (κ3) is 15.7. The number of carboxylic acid groups (broad SMARTS) is 1. The van der Waals surface area contributed by atoms with Crippen LogP contribution in [0.5, 0.6) is 0 Å². The van der Waals surface area contributed by atoms with E-state index in [1.54, 1.807) is 33.7 Å². The van der Waals surface area contributed by atoms with Gasteiger partial charge in [0, 0.05) is 73.8 Å². The first-order valence-corrected chi connectivity index (χ1v) is 31.4. The molecule has 3 atom stereocenters. The number of rotatable bonds is 23. The van der Waals surface area contributed by atoms with Gasteiger partial charge in [0.25, 0.3) is 0 Å². The molecule has 3 aromatic heterocycles. The van der Waals surface area contributed by atoms with E-state index in [0.29, 0.717) is 30.4 Å². The number of nitrogens with zero attached hydrogens (tertiary/aromatic N) is 5. The number of benzene rings is 4. The molecule has 7 aromatic rings. The largest absolute Gasteiger partial charge is 0.476 e. The molecule has 438 valence electrons. The zero-order chi connectivity index (χ0) is 59.7. The molecular formula is C63H69N9O9S3. The third-order valence-electron chi connectivity index (χ3n) is 15.0. The van der Waals surface area contributed by atoms with Gasteiger partial charge in [-0.1, -0.05) is 99.3 Å². The number of aromatic carboxylic acids is 1. The van der Waals surface area contributed by atoms with Gasteiger partial charge < -0.3 is 31.1 Å².